The normalized spacial score (nSPS) is 16.4. The van der Waals surface area contributed by atoms with Crippen LogP contribution in [0.1, 0.15) is 52.2 Å². The zero-order chi connectivity index (χ0) is 25.5. The highest BCUT2D eigenvalue weighted by Gasteiger charge is 2.46. The molecule has 10 heteroatoms. The van der Waals surface area contributed by atoms with Crippen LogP contribution >= 0.6 is 11.3 Å². The fourth-order valence-electron chi connectivity index (χ4n) is 3.83. The summed E-state index contributed by atoms with van der Waals surface area (Å²) in [7, 11) is 0. The van der Waals surface area contributed by atoms with E-state index in [0.29, 0.717) is 5.56 Å². The molecule has 182 valence electrons. The Bertz CT molecular complexity index is 1300. The molecule has 3 aromatic rings. The average molecular weight is 503 g/mol. The van der Waals surface area contributed by atoms with Gasteiger partial charge in [-0.05, 0) is 36.1 Å². The SMILES string of the molecule is Cc1cnc(N2C(=O)C(O)=C(C(=O)c3ccc(C(C)C)cc3)C2c2ccc(OC(F)(F)F)cc2)s1. The zero-order valence-electron chi connectivity index (χ0n) is 19.0. The molecule has 1 amide bonds. The lowest BCUT2D eigenvalue weighted by Gasteiger charge is -2.24. The molecule has 0 spiro atoms. The van der Waals surface area contributed by atoms with E-state index in [2.05, 4.69) is 9.72 Å². The maximum atomic E-state index is 13.5. The van der Waals surface area contributed by atoms with Gasteiger partial charge in [-0.2, -0.15) is 0 Å². The number of aliphatic hydroxyl groups is 1. The monoisotopic (exact) mass is 502 g/mol. The van der Waals surface area contributed by atoms with Crippen LogP contribution in [0.15, 0.2) is 66.1 Å². The summed E-state index contributed by atoms with van der Waals surface area (Å²) in [5, 5.41) is 11.0. The van der Waals surface area contributed by atoms with Crippen molar-refractivity contribution in [3.8, 4) is 5.75 Å². The predicted octanol–water partition coefficient (Wildman–Crippen LogP) is 6.26. The molecule has 4 rings (SSSR count). The van der Waals surface area contributed by atoms with Crippen LogP contribution in [-0.4, -0.2) is 28.1 Å². The van der Waals surface area contributed by atoms with E-state index >= 15 is 0 Å². The number of hydrogen-bond donors (Lipinski definition) is 1. The number of aromatic nitrogens is 1. The maximum Gasteiger partial charge on any atom is 0.573 e. The van der Waals surface area contributed by atoms with Crippen molar-refractivity contribution in [2.75, 3.05) is 4.90 Å². The molecule has 0 saturated heterocycles. The Labute approximate surface area is 203 Å². The number of alkyl halides is 3. The molecule has 2 aromatic carbocycles. The van der Waals surface area contributed by atoms with Crippen LogP contribution in [-0.2, 0) is 4.79 Å². The van der Waals surface area contributed by atoms with Crippen molar-refractivity contribution in [1.82, 2.24) is 4.98 Å². The van der Waals surface area contributed by atoms with E-state index in [-0.39, 0.29) is 22.2 Å². The summed E-state index contributed by atoms with van der Waals surface area (Å²) >= 11 is 1.19. The molecule has 0 fully saturated rings. The number of thiazole rings is 1. The molecule has 0 radical (unpaired) electrons. The van der Waals surface area contributed by atoms with Gasteiger partial charge in [0, 0.05) is 16.6 Å². The van der Waals surface area contributed by atoms with Gasteiger partial charge < -0.3 is 9.84 Å². The summed E-state index contributed by atoms with van der Waals surface area (Å²) in [6.45, 7) is 5.81. The molecule has 1 N–H and O–H groups in total. The minimum Gasteiger partial charge on any atom is -0.503 e. The predicted molar refractivity (Wildman–Crippen MR) is 125 cm³/mol. The van der Waals surface area contributed by atoms with Crippen molar-refractivity contribution in [2.24, 2.45) is 0 Å². The van der Waals surface area contributed by atoms with Crippen molar-refractivity contribution < 1.29 is 32.6 Å². The summed E-state index contributed by atoms with van der Waals surface area (Å²) in [6, 6.07) is 10.6. The van der Waals surface area contributed by atoms with Crippen LogP contribution in [0.2, 0.25) is 0 Å². The second kappa shape index (κ2) is 9.18. The fourth-order valence-corrected chi connectivity index (χ4v) is 4.62. The number of carbonyl (C=O) groups is 2. The van der Waals surface area contributed by atoms with Gasteiger partial charge in [0.25, 0.3) is 5.91 Å². The number of nitrogens with zero attached hydrogens (tertiary/aromatic N) is 2. The molecule has 0 bridgehead atoms. The van der Waals surface area contributed by atoms with E-state index in [1.165, 1.54) is 28.4 Å². The second-order valence-electron chi connectivity index (χ2n) is 8.32. The molecule has 0 aliphatic carbocycles. The zero-order valence-corrected chi connectivity index (χ0v) is 19.8. The number of aliphatic hydroxyl groups excluding tert-OH is 1. The first kappa shape index (κ1) is 24.5. The summed E-state index contributed by atoms with van der Waals surface area (Å²) in [5.41, 5.74) is 1.42. The minimum atomic E-state index is -4.86. The van der Waals surface area contributed by atoms with Crippen molar-refractivity contribution in [2.45, 2.75) is 39.1 Å². The average Bonchev–Trinajstić information content (AvgIpc) is 3.33. The molecule has 1 atom stereocenters. The van der Waals surface area contributed by atoms with Gasteiger partial charge >= 0.3 is 6.36 Å². The van der Waals surface area contributed by atoms with Crippen LogP contribution in [0.5, 0.6) is 5.75 Å². The Hall–Kier alpha value is -3.66. The van der Waals surface area contributed by atoms with Gasteiger partial charge in [0.05, 0.1) is 11.6 Å². The number of amides is 1. The molecular formula is C25H21F3N2O4S. The van der Waals surface area contributed by atoms with Gasteiger partial charge in [-0.1, -0.05) is 50.2 Å². The Morgan fingerprint density at radius 3 is 2.26 bits per heavy atom. The van der Waals surface area contributed by atoms with Gasteiger partial charge in [0.15, 0.2) is 16.7 Å². The van der Waals surface area contributed by atoms with Gasteiger partial charge in [0.1, 0.15) is 5.75 Å². The van der Waals surface area contributed by atoms with Gasteiger partial charge in [-0.3, -0.25) is 14.5 Å². The number of carbonyl (C=O) groups excluding carboxylic acids is 2. The van der Waals surface area contributed by atoms with Crippen molar-refractivity contribution in [1.29, 1.82) is 0 Å². The standard InChI is InChI=1S/C25H21F3N2O4S/c1-13(2)15-4-6-17(7-5-15)21(31)19-20(16-8-10-18(11-9-16)34-25(26,27)28)30(23(33)22(19)32)24-29-12-14(3)35-24/h4-13,20,32H,1-3H3. The first-order chi connectivity index (χ1) is 16.5. The first-order valence-corrected chi connectivity index (χ1v) is 11.5. The van der Waals surface area contributed by atoms with Gasteiger partial charge in [-0.25, -0.2) is 4.98 Å². The van der Waals surface area contributed by atoms with E-state index in [4.69, 9.17) is 0 Å². The minimum absolute atomic E-state index is 0.176. The number of halogens is 3. The maximum absolute atomic E-state index is 13.5. The third-order valence-corrected chi connectivity index (χ3v) is 6.45. The Kier molecular flexibility index (Phi) is 6.42. The van der Waals surface area contributed by atoms with E-state index < -0.39 is 35.6 Å². The number of ether oxygens (including phenoxy) is 1. The summed E-state index contributed by atoms with van der Waals surface area (Å²) in [4.78, 5) is 32.8. The van der Waals surface area contributed by atoms with Crippen LogP contribution in [0.4, 0.5) is 18.3 Å². The van der Waals surface area contributed by atoms with E-state index in [0.717, 1.165) is 22.6 Å². The van der Waals surface area contributed by atoms with Crippen molar-refractivity contribution in [3.63, 3.8) is 0 Å². The third-order valence-electron chi connectivity index (χ3n) is 5.54. The molecule has 1 aliphatic heterocycles. The molecular weight excluding hydrogens is 481 g/mol. The number of hydrogen-bond acceptors (Lipinski definition) is 6. The highest BCUT2D eigenvalue weighted by molar-refractivity contribution is 7.15. The molecule has 1 aromatic heterocycles. The number of rotatable bonds is 6. The number of ketones is 1. The van der Waals surface area contributed by atoms with Crippen molar-refractivity contribution >= 4 is 28.2 Å². The fraction of sp³-hybridized carbons (Fsp3) is 0.240. The number of aryl methyl sites for hydroxylation is 1. The van der Waals surface area contributed by atoms with Crippen LogP contribution in [0, 0.1) is 6.92 Å². The Balaban J connectivity index is 1.78. The van der Waals surface area contributed by atoms with Crippen LogP contribution in [0.3, 0.4) is 0 Å². The van der Waals surface area contributed by atoms with Crippen molar-refractivity contribution in [3.05, 3.63) is 87.6 Å². The summed E-state index contributed by atoms with van der Waals surface area (Å²) in [5.74, 6) is -2.32. The number of benzene rings is 2. The third kappa shape index (κ3) is 4.93. The Morgan fingerprint density at radius 1 is 1.11 bits per heavy atom. The Morgan fingerprint density at radius 2 is 1.74 bits per heavy atom. The lowest BCUT2D eigenvalue weighted by Crippen LogP contribution is -2.31. The van der Waals surface area contributed by atoms with Crippen LogP contribution in [0.25, 0.3) is 0 Å². The quantitative estimate of drug-likeness (QED) is 0.403. The highest BCUT2D eigenvalue weighted by Crippen LogP contribution is 2.43. The van der Waals surface area contributed by atoms with E-state index in [1.54, 1.807) is 37.4 Å². The smallest absolute Gasteiger partial charge is 0.503 e. The van der Waals surface area contributed by atoms with E-state index in [1.807, 2.05) is 13.8 Å². The van der Waals surface area contributed by atoms with Gasteiger partial charge in [0.2, 0.25) is 0 Å². The molecule has 35 heavy (non-hydrogen) atoms. The first-order valence-electron chi connectivity index (χ1n) is 10.7. The summed E-state index contributed by atoms with van der Waals surface area (Å²) < 4.78 is 41.7. The van der Waals surface area contributed by atoms with E-state index in [9.17, 15) is 27.9 Å². The molecule has 1 aliphatic rings. The largest absolute Gasteiger partial charge is 0.573 e. The second-order valence-corrected chi connectivity index (χ2v) is 9.53. The topological polar surface area (TPSA) is 79.7 Å². The lowest BCUT2D eigenvalue weighted by atomic mass is 9.91. The highest BCUT2D eigenvalue weighted by atomic mass is 32.1. The molecule has 6 nitrogen and oxygen atoms in total. The lowest BCUT2D eigenvalue weighted by molar-refractivity contribution is -0.274. The number of Topliss-reactive ketones (excluding diaryl/α,β-unsaturated/α-hetero) is 1. The molecule has 0 saturated carbocycles. The molecule has 1 unspecified atom stereocenters. The number of anilines is 1. The van der Waals surface area contributed by atoms with Gasteiger partial charge in [-0.15, -0.1) is 24.5 Å². The molecule has 2 heterocycles. The summed E-state index contributed by atoms with van der Waals surface area (Å²) in [6.07, 6.45) is -3.32. The van der Waals surface area contributed by atoms with Crippen LogP contribution < -0.4 is 9.64 Å².